The monoisotopic (exact) mass is 1250 g/mol. The van der Waals surface area contributed by atoms with E-state index in [1.54, 1.807) is 0 Å². The molecule has 23 unspecified atom stereocenters. The molecule has 39 heavy (non-hydrogen) atoms. The van der Waals surface area contributed by atoms with Crippen molar-refractivity contribution in [1.82, 2.24) is 0 Å². The van der Waals surface area contributed by atoms with Gasteiger partial charge in [0.25, 0.3) is 0 Å². The van der Waals surface area contributed by atoms with Gasteiger partial charge in [-0.2, -0.15) is 0 Å². The van der Waals surface area contributed by atoms with Crippen molar-refractivity contribution in [3.05, 3.63) is 0 Å². The second-order valence-corrected chi connectivity index (χ2v) is 161. The van der Waals surface area contributed by atoms with Crippen molar-refractivity contribution in [3.63, 3.8) is 0 Å². The molecular formula is H38P38S. The summed E-state index contributed by atoms with van der Waals surface area (Å²) in [4.78, 5) is 0. The molecular weight excluding hydrogens is 1210 g/mol. The molecule has 0 aliphatic carbocycles. The summed E-state index contributed by atoms with van der Waals surface area (Å²) in [5.74, 6) is 0. The molecule has 0 saturated carbocycles. The molecule has 0 heterocycles. The van der Waals surface area contributed by atoms with Crippen molar-refractivity contribution in [1.29, 1.82) is 0 Å². The molecule has 39 heteroatoms. The van der Waals surface area contributed by atoms with Crippen molar-refractivity contribution < 1.29 is 0 Å². The molecule has 0 aromatic rings. The van der Waals surface area contributed by atoms with Gasteiger partial charge in [0.2, 0.25) is 0 Å². The summed E-state index contributed by atoms with van der Waals surface area (Å²) >= 11 is 6.42. The highest BCUT2D eigenvalue weighted by molar-refractivity contribution is 9.46. The van der Waals surface area contributed by atoms with Crippen LogP contribution in [0.5, 0.6) is 0 Å². The summed E-state index contributed by atoms with van der Waals surface area (Å²) in [6, 6.07) is 0. The van der Waals surface area contributed by atoms with E-state index in [0.717, 1.165) is 0 Å². The van der Waals surface area contributed by atoms with E-state index in [1.165, 1.54) is 7.04 Å². The van der Waals surface area contributed by atoms with E-state index in [0.29, 0.717) is 0 Å². The quantitative estimate of drug-likeness (QED) is 0.123. The third-order valence-electron chi connectivity index (χ3n) is 3.27. The lowest BCUT2D eigenvalue weighted by molar-refractivity contribution is 4.41. The van der Waals surface area contributed by atoms with Crippen LogP contribution in [0.4, 0.5) is 0 Å². The van der Waals surface area contributed by atoms with Crippen LogP contribution in [0.2, 0.25) is 0 Å². The van der Waals surface area contributed by atoms with Gasteiger partial charge < -0.3 is 0 Å². The molecule has 0 aliphatic heterocycles. The Hall–Kier alpha value is 16.4. The van der Waals surface area contributed by atoms with Gasteiger partial charge in [-0.3, -0.25) is 0 Å². The maximum absolute atomic E-state index is 6.42. The smallest absolute Gasteiger partial charge is 0.0292 e. The molecule has 0 aliphatic rings. The number of hydrogen-bond donors (Lipinski definition) is 0. The molecule has 23 atom stereocenters. The van der Waals surface area contributed by atoms with Crippen molar-refractivity contribution in [2.75, 3.05) is 0 Å². The number of hydrogen-bond acceptors (Lipinski definition) is 1. The van der Waals surface area contributed by atoms with E-state index >= 15 is 0 Å². The average Bonchev–Trinajstić information content (AvgIpc) is 2.74. The van der Waals surface area contributed by atoms with Crippen LogP contribution in [-0.4, -0.2) is 0 Å². The van der Waals surface area contributed by atoms with Gasteiger partial charge in [-0.25, -0.2) is 0 Å². The maximum atomic E-state index is 6.42. The molecule has 0 nitrogen and oxygen atoms in total. The summed E-state index contributed by atoms with van der Waals surface area (Å²) in [6.45, 7) is -2.17. The Bertz CT molecular complexity index is 600. The van der Waals surface area contributed by atoms with Gasteiger partial charge in [0, 0.05) is 28.0 Å². The Labute approximate surface area is 310 Å². The van der Waals surface area contributed by atoms with Crippen LogP contribution in [0, 0.1) is 0 Å². The van der Waals surface area contributed by atoms with Gasteiger partial charge in [-0.05, 0) is 105 Å². The molecule has 0 aromatic carbocycles. The summed E-state index contributed by atoms with van der Waals surface area (Å²) < 4.78 is 0. The minimum Gasteiger partial charge on any atom is -0.102 e. The van der Waals surface area contributed by atoms with Crippen LogP contribution in [0.15, 0.2) is 0 Å². The topological polar surface area (TPSA) is 0 Å². The van der Waals surface area contributed by atoms with Crippen molar-refractivity contribution in [2.24, 2.45) is 0 Å². The predicted molar refractivity (Wildman–Crippen MR) is 323 cm³/mol. The van der Waals surface area contributed by atoms with Gasteiger partial charge in [0.1, 0.15) is 0 Å². The fraction of sp³-hybridized carbons (Fsp3) is 0. The number of rotatable bonds is 18. The van der Waals surface area contributed by atoms with E-state index < -0.39 is 0 Å². The van der Waals surface area contributed by atoms with E-state index in [-0.39, 0.29) is 126 Å². The molecule has 0 N–H and O–H groups in total. The Balaban J connectivity index is 7.94. The highest BCUT2D eigenvalue weighted by Crippen LogP contribution is 3.40. The van der Waals surface area contributed by atoms with Crippen molar-refractivity contribution in [2.45, 2.75) is 0 Å². The first-order chi connectivity index (χ1) is 17.8. The molecule has 0 rings (SSSR count). The lowest BCUT2D eigenvalue weighted by Crippen LogP contribution is -1.66. The van der Waals surface area contributed by atoms with E-state index in [9.17, 15) is 0 Å². The third-order valence-corrected chi connectivity index (χ3v) is 264. The normalized spacial score (nSPS) is 17.2. The van der Waals surface area contributed by atoms with Crippen LogP contribution in [-0.2, 0) is 11.8 Å². The zero-order valence-electron chi connectivity index (χ0n) is 19.9. The first kappa shape index (κ1) is 55.4. The predicted octanol–water partition coefficient (Wildman–Crippen LogP) is 22.6. The molecule has 0 radical (unpaired) electrons. The summed E-state index contributed by atoms with van der Waals surface area (Å²) in [5.41, 5.74) is 0. The third kappa shape index (κ3) is 20.0. The molecule has 0 amide bonds. The zero-order chi connectivity index (χ0) is 31.1. The Morgan fingerprint density at radius 2 is 0.487 bits per heavy atom. The summed E-state index contributed by atoms with van der Waals surface area (Å²) in [5, 5.41) is 0. The standard InChI is InChI=1S/H38P38S/c1-21(2)30(19)36(32(22(3)4)23(5)6)38(35(28(15)16)29(17)18)31(20-39)37(33(24(7)8)25(9)10)34(26(11)12)27(13)14/h1-19H2. The second kappa shape index (κ2) is 30.5. The first-order valence-electron chi connectivity index (χ1n) is 8.69. The maximum Gasteiger partial charge on any atom is 0.0292 e. The minimum atomic E-state index is -0.213. The van der Waals surface area contributed by atoms with Crippen LogP contribution in [0.3, 0.4) is 0 Å². The Morgan fingerprint density at radius 1 is 0.282 bits per heavy atom. The molecule has 0 spiro atoms. The van der Waals surface area contributed by atoms with Crippen molar-refractivity contribution >= 4 is 314 Å². The van der Waals surface area contributed by atoms with Gasteiger partial charge in [-0.15, -0.1) is 170 Å². The van der Waals surface area contributed by atoms with Crippen LogP contribution >= 0.6 is 302 Å². The molecule has 0 saturated heterocycles. The van der Waals surface area contributed by atoms with Gasteiger partial charge in [0.15, 0.2) is 0 Å². The average molecular weight is 1250 g/mol. The van der Waals surface area contributed by atoms with Gasteiger partial charge >= 0.3 is 0 Å². The lowest BCUT2D eigenvalue weighted by Gasteiger charge is -2.53. The summed E-state index contributed by atoms with van der Waals surface area (Å²) in [7, 11) is 64.7. The van der Waals surface area contributed by atoms with Crippen LogP contribution < -0.4 is 0 Å². The molecule has 234 valence electrons. The fourth-order valence-electron chi connectivity index (χ4n) is 2.11. The van der Waals surface area contributed by atoms with E-state index in [4.69, 9.17) is 11.8 Å². The largest absolute Gasteiger partial charge is 0.102 e. The highest BCUT2D eigenvalue weighted by atomic mass is 33.5. The Morgan fingerprint density at radius 3 is 0.667 bits per heavy atom. The lowest BCUT2D eigenvalue weighted by atomic mass is 28.5. The van der Waals surface area contributed by atoms with Crippen molar-refractivity contribution in [3.8, 4) is 0 Å². The Kier molecular flexibility index (Phi) is 43.3. The van der Waals surface area contributed by atoms with Crippen LogP contribution in [0.1, 0.15) is 0 Å². The van der Waals surface area contributed by atoms with Gasteiger partial charge in [0.05, 0.1) is 0 Å². The fourth-order valence-corrected chi connectivity index (χ4v) is 513. The molecule has 0 aromatic heterocycles. The van der Waals surface area contributed by atoms with E-state index in [2.05, 4.69) is 170 Å². The molecule has 0 fully saturated rings. The molecule has 0 bridgehead atoms. The highest BCUT2D eigenvalue weighted by Gasteiger charge is 2.53. The zero-order valence-corrected chi connectivity index (χ0v) is 59.6. The minimum absolute atomic E-state index is 0.0559. The van der Waals surface area contributed by atoms with E-state index in [1.807, 2.05) is 0 Å². The second-order valence-electron chi connectivity index (χ2n) is 5.97. The SMILES string of the molecule is PP(P)P(P)P(P(P(P)P)P(P)P)P(P(P=S)P(P(P(P)P)P(P)P)P(P(P)P)P(P)P)P(P(P)P)P(P)P. The van der Waals surface area contributed by atoms with Crippen LogP contribution in [0.25, 0.3) is 0 Å². The summed E-state index contributed by atoms with van der Waals surface area (Å²) in [6.07, 6.45) is 0. The first-order valence-corrected chi connectivity index (χ1v) is 78.2. The van der Waals surface area contributed by atoms with Gasteiger partial charge in [-0.1, -0.05) is 11.8 Å².